The summed E-state index contributed by atoms with van der Waals surface area (Å²) < 4.78 is 36.3. The predicted molar refractivity (Wildman–Crippen MR) is 133 cm³/mol. The summed E-state index contributed by atoms with van der Waals surface area (Å²) in [7, 11) is -2.44. The van der Waals surface area contributed by atoms with Gasteiger partial charge in [-0.2, -0.15) is 4.99 Å². The molecule has 0 unspecified atom stereocenters. The van der Waals surface area contributed by atoms with Gasteiger partial charge in [0, 0.05) is 6.54 Å². The van der Waals surface area contributed by atoms with E-state index in [1.165, 1.54) is 19.2 Å². The number of hydrogen-bond donors (Lipinski definition) is 1. The van der Waals surface area contributed by atoms with Crippen LogP contribution >= 0.6 is 11.3 Å². The molecule has 0 aliphatic heterocycles. The Morgan fingerprint density at radius 3 is 2.46 bits per heavy atom. The highest BCUT2D eigenvalue weighted by atomic mass is 32.2. The van der Waals surface area contributed by atoms with Crippen molar-refractivity contribution in [2.75, 3.05) is 13.7 Å². The number of nitrogens with zero attached hydrogens (tertiary/aromatic N) is 2. The topological polar surface area (TPSA) is 130 Å². The largest absolute Gasteiger partial charge is 0.496 e. The van der Waals surface area contributed by atoms with Gasteiger partial charge in [0.25, 0.3) is 5.91 Å². The van der Waals surface area contributed by atoms with Crippen LogP contribution in [-0.2, 0) is 26.1 Å². The van der Waals surface area contributed by atoms with Crippen molar-refractivity contribution in [3.8, 4) is 5.75 Å². The molecule has 9 nitrogen and oxygen atoms in total. The minimum atomic E-state index is -3.92. The molecule has 0 bridgehead atoms. The fraction of sp³-hybridized carbons (Fsp3) is 0.208. The molecule has 0 atom stereocenters. The second-order valence-corrected chi connectivity index (χ2v) is 10.2. The van der Waals surface area contributed by atoms with Gasteiger partial charge in [-0.25, -0.2) is 13.6 Å². The van der Waals surface area contributed by atoms with Gasteiger partial charge >= 0.3 is 5.97 Å². The van der Waals surface area contributed by atoms with Crippen LogP contribution in [0.2, 0.25) is 0 Å². The number of primary sulfonamides is 1. The molecule has 1 aromatic heterocycles. The summed E-state index contributed by atoms with van der Waals surface area (Å²) in [5.41, 5.74) is 0.898. The van der Waals surface area contributed by atoms with Crippen molar-refractivity contribution in [1.29, 1.82) is 0 Å². The molecule has 0 saturated carbocycles. The molecule has 0 spiro atoms. The molecule has 1 heterocycles. The Morgan fingerprint density at radius 2 is 1.80 bits per heavy atom. The second-order valence-electron chi connectivity index (χ2n) is 7.58. The number of thiazole rings is 1. The minimum Gasteiger partial charge on any atom is -0.496 e. The number of hydrogen-bond acceptors (Lipinski definition) is 7. The average Bonchev–Trinajstić information content (AvgIpc) is 3.17. The van der Waals surface area contributed by atoms with E-state index in [1.54, 1.807) is 29.7 Å². The Labute approximate surface area is 205 Å². The van der Waals surface area contributed by atoms with Crippen LogP contribution in [0.4, 0.5) is 0 Å². The van der Waals surface area contributed by atoms with E-state index in [1.807, 2.05) is 24.3 Å². The van der Waals surface area contributed by atoms with Crippen LogP contribution in [0.5, 0.6) is 5.75 Å². The van der Waals surface area contributed by atoms with Gasteiger partial charge in [-0.15, -0.1) is 0 Å². The number of methoxy groups -OCH3 is 1. The normalized spacial score (nSPS) is 12.3. The zero-order valence-corrected chi connectivity index (χ0v) is 20.7. The molecule has 35 heavy (non-hydrogen) atoms. The summed E-state index contributed by atoms with van der Waals surface area (Å²) >= 11 is 1.12. The van der Waals surface area contributed by atoms with Gasteiger partial charge in [-0.05, 0) is 48.0 Å². The van der Waals surface area contributed by atoms with Crippen molar-refractivity contribution in [3.63, 3.8) is 0 Å². The highest BCUT2D eigenvalue weighted by Crippen LogP contribution is 2.27. The Kier molecular flexibility index (Phi) is 7.01. The van der Waals surface area contributed by atoms with Crippen molar-refractivity contribution in [2.24, 2.45) is 10.1 Å². The molecule has 11 heteroatoms. The SMILES string of the molecule is CCOC(=O)CCn1c(=NC(=O)c2cc3ccccc3cc2OC)sc2cc(S(N)(=O)=O)ccc21. The number of carbonyl (C=O) groups excluding carboxylic acids is 2. The van der Waals surface area contributed by atoms with E-state index in [9.17, 15) is 18.0 Å². The number of carbonyl (C=O) groups is 2. The first kappa shape index (κ1) is 24.6. The number of rotatable bonds is 7. The molecule has 4 aromatic rings. The van der Waals surface area contributed by atoms with Gasteiger partial charge in [-0.3, -0.25) is 9.59 Å². The lowest BCUT2D eigenvalue weighted by molar-refractivity contribution is -0.143. The van der Waals surface area contributed by atoms with Gasteiger partial charge < -0.3 is 14.0 Å². The first-order chi connectivity index (χ1) is 16.7. The summed E-state index contributed by atoms with van der Waals surface area (Å²) in [5, 5.41) is 7.05. The van der Waals surface area contributed by atoms with Crippen molar-refractivity contribution < 1.29 is 27.5 Å². The van der Waals surface area contributed by atoms with E-state index < -0.39 is 21.9 Å². The lowest BCUT2D eigenvalue weighted by Gasteiger charge is -2.08. The van der Waals surface area contributed by atoms with Gasteiger partial charge in [-0.1, -0.05) is 35.6 Å². The van der Waals surface area contributed by atoms with E-state index >= 15 is 0 Å². The first-order valence-electron chi connectivity index (χ1n) is 10.7. The van der Waals surface area contributed by atoms with Crippen LogP contribution < -0.4 is 14.7 Å². The zero-order valence-electron chi connectivity index (χ0n) is 19.1. The number of aryl methyl sites for hydroxylation is 1. The third-order valence-electron chi connectivity index (χ3n) is 5.32. The number of ether oxygens (including phenoxy) is 2. The summed E-state index contributed by atoms with van der Waals surface area (Å²) in [6, 6.07) is 15.5. The Hall–Kier alpha value is -3.54. The van der Waals surface area contributed by atoms with Crippen LogP contribution in [0.25, 0.3) is 21.0 Å². The van der Waals surface area contributed by atoms with E-state index in [2.05, 4.69) is 4.99 Å². The summed E-state index contributed by atoms with van der Waals surface area (Å²) in [5.74, 6) is -0.544. The molecule has 182 valence electrons. The number of aromatic nitrogens is 1. The molecule has 0 aliphatic rings. The predicted octanol–water partition coefficient (Wildman–Crippen LogP) is 3.21. The van der Waals surface area contributed by atoms with Gasteiger partial charge in [0.2, 0.25) is 10.0 Å². The number of amides is 1. The quantitative estimate of drug-likeness (QED) is 0.378. The molecule has 2 N–H and O–H groups in total. The van der Waals surface area contributed by atoms with Crippen molar-refractivity contribution >= 4 is 54.2 Å². The molecular formula is C24H23N3O6S2. The summed E-state index contributed by atoms with van der Waals surface area (Å²) in [6.07, 6.45) is 0.0529. The van der Waals surface area contributed by atoms with E-state index in [-0.39, 0.29) is 30.0 Å². The maximum absolute atomic E-state index is 13.3. The number of benzene rings is 3. The first-order valence-corrected chi connectivity index (χ1v) is 13.0. The molecular weight excluding hydrogens is 490 g/mol. The van der Waals surface area contributed by atoms with Crippen molar-refractivity contribution in [3.05, 3.63) is 65.0 Å². The molecule has 1 amide bonds. The van der Waals surface area contributed by atoms with E-state index in [0.717, 1.165) is 22.1 Å². The zero-order chi connectivity index (χ0) is 25.2. The third-order valence-corrected chi connectivity index (χ3v) is 7.28. The fourth-order valence-corrected chi connectivity index (χ4v) is 5.38. The molecule has 3 aromatic carbocycles. The van der Waals surface area contributed by atoms with E-state index in [0.29, 0.717) is 20.8 Å². The standard InChI is InChI=1S/C24H23N3O6S2/c1-3-33-22(28)10-11-27-19-9-8-17(35(25,30)31)14-21(19)34-24(27)26-23(29)18-12-15-6-4-5-7-16(15)13-20(18)32-2/h4-9,12-14H,3,10-11H2,1-2H3,(H2,25,30,31). The third kappa shape index (κ3) is 5.26. The number of sulfonamides is 1. The van der Waals surface area contributed by atoms with Crippen LogP contribution in [0, 0.1) is 0 Å². The van der Waals surface area contributed by atoms with Gasteiger partial charge in [0.1, 0.15) is 5.75 Å². The molecule has 0 saturated heterocycles. The number of fused-ring (bicyclic) bond motifs is 2. The molecule has 0 radical (unpaired) electrons. The molecule has 0 aliphatic carbocycles. The Morgan fingerprint density at radius 1 is 1.09 bits per heavy atom. The van der Waals surface area contributed by atoms with Gasteiger partial charge in [0.05, 0.1) is 40.8 Å². The van der Waals surface area contributed by atoms with Crippen LogP contribution in [0.1, 0.15) is 23.7 Å². The van der Waals surface area contributed by atoms with Crippen LogP contribution in [0.3, 0.4) is 0 Å². The summed E-state index contributed by atoms with van der Waals surface area (Å²) in [6.45, 7) is 2.16. The maximum atomic E-state index is 13.3. The van der Waals surface area contributed by atoms with Gasteiger partial charge in [0.15, 0.2) is 4.80 Å². The van der Waals surface area contributed by atoms with Crippen LogP contribution in [-0.4, -0.2) is 38.6 Å². The highest BCUT2D eigenvalue weighted by Gasteiger charge is 2.17. The lowest BCUT2D eigenvalue weighted by Crippen LogP contribution is -2.19. The maximum Gasteiger partial charge on any atom is 0.307 e. The average molecular weight is 514 g/mol. The molecule has 0 fully saturated rings. The van der Waals surface area contributed by atoms with Crippen molar-refractivity contribution in [2.45, 2.75) is 24.8 Å². The minimum absolute atomic E-state index is 0.0529. The number of esters is 1. The second kappa shape index (κ2) is 9.98. The summed E-state index contributed by atoms with van der Waals surface area (Å²) in [4.78, 5) is 29.8. The van der Waals surface area contributed by atoms with E-state index in [4.69, 9.17) is 14.6 Å². The lowest BCUT2D eigenvalue weighted by atomic mass is 10.1. The van der Waals surface area contributed by atoms with Crippen LogP contribution in [0.15, 0.2) is 64.5 Å². The Balaban J connectivity index is 1.85. The highest BCUT2D eigenvalue weighted by molar-refractivity contribution is 7.89. The monoisotopic (exact) mass is 513 g/mol. The fourth-order valence-electron chi connectivity index (χ4n) is 3.67. The number of nitrogens with two attached hydrogens (primary N) is 1. The Bertz CT molecular complexity index is 1620. The smallest absolute Gasteiger partial charge is 0.307 e. The molecule has 4 rings (SSSR count). The van der Waals surface area contributed by atoms with Crippen molar-refractivity contribution in [1.82, 2.24) is 4.57 Å².